The van der Waals surface area contributed by atoms with Gasteiger partial charge < -0.3 is 47.4 Å². The second-order valence-electron chi connectivity index (χ2n) is 8.62. The Kier molecular flexibility index (Phi) is 34.4. The van der Waals surface area contributed by atoms with E-state index in [-0.39, 0.29) is 18.5 Å². The van der Waals surface area contributed by atoms with Crippen molar-refractivity contribution in [1.29, 1.82) is 0 Å². The standard InChI is InChI=1S/C28H55BrO11/c1-3-5-6-27(4-2)28(30)40-26-25-39-24-23-38-22-21-37-20-19-36-18-17-35-16-15-34-14-13-33-12-11-32-10-9-31-8-7-29/h27H,3-26H2,1-2H3. The number of hydrogen-bond acceptors (Lipinski definition) is 11. The highest BCUT2D eigenvalue weighted by atomic mass is 79.9. The molecule has 0 saturated heterocycles. The van der Waals surface area contributed by atoms with Crippen molar-refractivity contribution >= 4 is 21.9 Å². The van der Waals surface area contributed by atoms with E-state index in [0.29, 0.717) is 119 Å². The van der Waals surface area contributed by atoms with Crippen LogP contribution in [0.4, 0.5) is 0 Å². The van der Waals surface area contributed by atoms with Gasteiger partial charge in [0.25, 0.3) is 0 Å². The number of halogens is 1. The summed E-state index contributed by atoms with van der Waals surface area (Å²) in [6.07, 6.45) is 3.85. The number of hydrogen-bond donors (Lipinski definition) is 0. The van der Waals surface area contributed by atoms with Crippen molar-refractivity contribution in [2.45, 2.75) is 39.5 Å². The van der Waals surface area contributed by atoms with Gasteiger partial charge in [-0.25, -0.2) is 0 Å². The number of unbranched alkanes of at least 4 members (excludes halogenated alkanes) is 1. The SMILES string of the molecule is CCCCC(CC)C(=O)OCCOCCOCCOCCOCCOCCOCCOCCOCCOCCBr. The third-order valence-electron chi connectivity index (χ3n) is 5.40. The van der Waals surface area contributed by atoms with Gasteiger partial charge in [0.15, 0.2) is 0 Å². The molecular formula is C28H55BrO11. The molecule has 0 fully saturated rings. The molecular weight excluding hydrogens is 592 g/mol. The predicted octanol–water partition coefficient (Wildman–Crippen LogP) is 3.29. The van der Waals surface area contributed by atoms with Crippen LogP contribution in [0.5, 0.6) is 0 Å². The highest BCUT2D eigenvalue weighted by Gasteiger charge is 2.16. The molecule has 1 unspecified atom stereocenters. The Balaban J connectivity index is 3.15. The van der Waals surface area contributed by atoms with Crippen LogP contribution >= 0.6 is 15.9 Å². The van der Waals surface area contributed by atoms with E-state index in [9.17, 15) is 4.79 Å². The maximum absolute atomic E-state index is 12.0. The lowest BCUT2D eigenvalue weighted by atomic mass is 10.00. The average Bonchev–Trinajstić information content (AvgIpc) is 2.96. The topological polar surface area (TPSA) is 109 Å². The number of carbonyl (C=O) groups is 1. The van der Waals surface area contributed by atoms with Gasteiger partial charge in [-0.05, 0) is 12.8 Å². The minimum Gasteiger partial charge on any atom is -0.463 e. The number of esters is 1. The Morgan fingerprint density at radius 2 is 0.800 bits per heavy atom. The van der Waals surface area contributed by atoms with E-state index < -0.39 is 0 Å². The predicted molar refractivity (Wildman–Crippen MR) is 155 cm³/mol. The normalized spacial score (nSPS) is 12.2. The van der Waals surface area contributed by atoms with Gasteiger partial charge in [-0.2, -0.15) is 0 Å². The number of rotatable bonds is 34. The van der Waals surface area contributed by atoms with Gasteiger partial charge in [0.05, 0.1) is 125 Å². The number of alkyl halides is 1. The molecule has 240 valence electrons. The van der Waals surface area contributed by atoms with Crippen molar-refractivity contribution in [2.75, 3.05) is 131 Å². The molecule has 40 heavy (non-hydrogen) atoms. The van der Waals surface area contributed by atoms with E-state index in [1.807, 2.05) is 6.92 Å². The van der Waals surface area contributed by atoms with Crippen LogP contribution in [0, 0.1) is 5.92 Å². The summed E-state index contributed by atoms with van der Waals surface area (Å²) in [4.78, 5) is 12.0. The summed E-state index contributed by atoms with van der Waals surface area (Å²) in [6, 6.07) is 0. The first-order chi connectivity index (χ1) is 19.8. The summed E-state index contributed by atoms with van der Waals surface area (Å²) in [5.41, 5.74) is 0. The van der Waals surface area contributed by atoms with E-state index in [0.717, 1.165) is 31.0 Å². The van der Waals surface area contributed by atoms with E-state index in [1.165, 1.54) is 0 Å². The van der Waals surface area contributed by atoms with Crippen LogP contribution in [0.2, 0.25) is 0 Å². The second kappa shape index (κ2) is 34.8. The maximum atomic E-state index is 12.0. The highest BCUT2D eigenvalue weighted by molar-refractivity contribution is 9.09. The van der Waals surface area contributed by atoms with E-state index in [4.69, 9.17) is 47.4 Å². The molecule has 11 nitrogen and oxygen atoms in total. The lowest BCUT2D eigenvalue weighted by molar-refractivity contribution is -0.150. The zero-order valence-corrected chi connectivity index (χ0v) is 26.5. The van der Waals surface area contributed by atoms with Crippen molar-refractivity contribution in [3.63, 3.8) is 0 Å². The first-order valence-electron chi connectivity index (χ1n) is 14.7. The molecule has 0 N–H and O–H groups in total. The van der Waals surface area contributed by atoms with Gasteiger partial charge in [-0.3, -0.25) is 4.79 Å². The molecule has 0 aromatic rings. The Hall–Kier alpha value is -0.410. The Morgan fingerprint density at radius 3 is 1.07 bits per heavy atom. The van der Waals surface area contributed by atoms with Gasteiger partial charge in [-0.15, -0.1) is 0 Å². The molecule has 12 heteroatoms. The smallest absolute Gasteiger partial charge is 0.308 e. The fourth-order valence-electron chi connectivity index (χ4n) is 3.17. The fourth-order valence-corrected chi connectivity index (χ4v) is 3.40. The Bertz CT molecular complexity index is 503. The minimum atomic E-state index is -0.117. The summed E-state index contributed by atoms with van der Waals surface area (Å²) in [5.74, 6) is -0.116. The zero-order chi connectivity index (χ0) is 29.2. The van der Waals surface area contributed by atoms with Gasteiger partial charge in [0.2, 0.25) is 0 Å². The van der Waals surface area contributed by atoms with Crippen LogP contribution in [0.3, 0.4) is 0 Å². The molecule has 0 radical (unpaired) electrons. The van der Waals surface area contributed by atoms with Crippen molar-refractivity contribution < 1.29 is 52.2 Å². The Labute approximate surface area is 250 Å². The highest BCUT2D eigenvalue weighted by Crippen LogP contribution is 2.14. The van der Waals surface area contributed by atoms with Crippen LogP contribution in [0.15, 0.2) is 0 Å². The summed E-state index contributed by atoms with van der Waals surface area (Å²) in [7, 11) is 0. The van der Waals surface area contributed by atoms with E-state index in [1.54, 1.807) is 0 Å². The van der Waals surface area contributed by atoms with Crippen LogP contribution in [-0.2, 0) is 52.2 Å². The quantitative estimate of drug-likeness (QED) is 0.0583. The second-order valence-corrected chi connectivity index (χ2v) is 9.41. The average molecular weight is 648 g/mol. The van der Waals surface area contributed by atoms with Crippen molar-refractivity contribution in [1.82, 2.24) is 0 Å². The monoisotopic (exact) mass is 646 g/mol. The molecule has 1 atom stereocenters. The summed E-state index contributed by atoms with van der Waals surface area (Å²) in [6.45, 7) is 13.8. The largest absolute Gasteiger partial charge is 0.463 e. The molecule has 0 aliphatic heterocycles. The van der Waals surface area contributed by atoms with Gasteiger partial charge in [0.1, 0.15) is 6.61 Å². The third kappa shape index (κ3) is 30.5. The van der Waals surface area contributed by atoms with Crippen LogP contribution in [0.25, 0.3) is 0 Å². The Morgan fingerprint density at radius 1 is 0.500 bits per heavy atom. The summed E-state index contributed by atoms with van der Waals surface area (Å²) >= 11 is 3.30. The van der Waals surface area contributed by atoms with Crippen molar-refractivity contribution in [3.05, 3.63) is 0 Å². The minimum absolute atomic E-state index is 0.000973. The lowest BCUT2D eigenvalue weighted by Crippen LogP contribution is -2.20. The molecule has 0 amide bonds. The molecule has 0 heterocycles. The molecule has 0 bridgehead atoms. The van der Waals surface area contributed by atoms with E-state index in [2.05, 4.69) is 22.9 Å². The molecule has 0 spiro atoms. The van der Waals surface area contributed by atoms with Crippen LogP contribution < -0.4 is 0 Å². The van der Waals surface area contributed by atoms with Gasteiger partial charge in [0, 0.05) is 5.33 Å². The fraction of sp³-hybridized carbons (Fsp3) is 0.964. The molecule has 0 rings (SSSR count). The van der Waals surface area contributed by atoms with Crippen LogP contribution in [-0.4, -0.2) is 137 Å². The zero-order valence-electron chi connectivity index (χ0n) is 24.9. The number of carbonyl (C=O) groups excluding carboxylic acids is 1. The first kappa shape index (κ1) is 39.6. The lowest BCUT2D eigenvalue weighted by Gasteiger charge is -2.13. The first-order valence-corrected chi connectivity index (χ1v) is 15.8. The molecule has 0 saturated carbocycles. The molecule has 0 aromatic carbocycles. The molecule has 0 aliphatic rings. The molecule has 0 aromatic heterocycles. The van der Waals surface area contributed by atoms with Crippen LogP contribution in [0.1, 0.15) is 39.5 Å². The number of ether oxygens (including phenoxy) is 10. The summed E-state index contributed by atoms with van der Waals surface area (Å²) in [5, 5.41) is 0.837. The molecule has 0 aliphatic carbocycles. The van der Waals surface area contributed by atoms with Gasteiger partial charge in [-0.1, -0.05) is 42.6 Å². The van der Waals surface area contributed by atoms with Gasteiger partial charge >= 0.3 is 5.97 Å². The summed E-state index contributed by atoms with van der Waals surface area (Å²) < 4.78 is 54.1. The third-order valence-corrected chi connectivity index (χ3v) is 5.73. The van der Waals surface area contributed by atoms with Crippen molar-refractivity contribution in [2.24, 2.45) is 5.92 Å². The maximum Gasteiger partial charge on any atom is 0.308 e. The van der Waals surface area contributed by atoms with Crippen molar-refractivity contribution in [3.8, 4) is 0 Å². The van der Waals surface area contributed by atoms with E-state index >= 15 is 0 Å².